The molecule has 2 aliphatic rings. The van der Waals surface area contributed by atoms with Gasteiger partial charge in [0, 0.05) is 56.3 Å². The van der Waals surface area contributed by atoms with Gasteiger partial charge in [0.25, 0.3) is 0 Å². The largest absolute Gasteiger partial charge is 0.473 e. The summed E-state index contributed by atoms with van der Waals surface area (Å²) in [6.07, 6.45) is 5.30. The number of hydrogen-bond acceptors (Lipinski definition) is 7. The van der Waals surface area contributed by atoms with Crippen LogP contribution in [0.1, 0.15) is 41.0 Å². The summed E-state index contributed by atoms with van der Waals surface area (Å²) in [7, 11) is 1.71. The molecule has 1 atom stereocenters. The van der Waals surface area contributed by atoms with E-state index in [1.807, 2.05) is 36.9 Å². The SMILES string of the molecule is Cc1ccc(-c2noc(C)c2COc2cc3c(cn2)CN(C(=O)C2CCC(=O)N2C)CC3)cn1. The first-order chi connectivity index (χ1) is 16.4. The third kappa shape index (κ3) is 4.13. The Bertz CT molecular complexity index is 1240. The topological polar surface area (TPSA) is 102 Å². The summed E-state index contributed by atoms with van der Waals surface area (Å²) in [5, 5.41) is 4.19. The fraction of sp³-hybridized carbons (Fsp3) is 0.400. The smallest absolute Gasteiger partial charge is 0.245 e. The molecule has 9 nitrogen and oxygen atoms in total. The van der Waals surface area contributed by atoms with Gasteiger partial charge in [0.15, 0.2) is 0 Å². The van der Waals surface area contributed by atoms with Crippen LogP contribution in [-0.4, -0.2) is 56.4 Å². The van der Waals surface area contributed by atoms with E-state index in [-0.39, 0.29) is 24.5 Å². The summed E-state index contributed by atoms with van der Waals surface area (Å²) in [5.41, 5.74) is 5.51. The zero-order valence-corrected chi connectivity index (χ0v) is 19.6. The molecule has 0 bridgehead atoms. The molecular weight excluding hydrogens is 434 g/mol. The number of likely N-dealkylation sites (tertiary alicyclic amines) is 1. The van der Waals surface area contributed by atoms with Gasteiger partial charge in [-0.1, -0.05) is 5.16 Å². The Morgan fingerprint density at radius 3 is 2.76 bits per heavy atom. The second kappa shape index (κ2) is 8.89. The first-order valence-electron chi connectivity index (χ1n) is 11.4. The van der Waals surface area contributed by atoms with Gasteiger partial charge >= 0.3 is 0 Å². The van der Waals surface area contributed by atoms with E-state index in [9.17, 15) is 9.59 Å². The standard InChI is InChI=1S/C25H27N5O4/c1-15-4-5-18(11-26-15)24-20(16(2)34-28-24)14-33-22-10-17-8-9-30(13-19(17)12-27-22)25(32)21-6-7-23(31)29(21)3/h4-5,10-12,21H,6-9,13-14H2,1-3H3. The zero-order chi connectivity index (χ0) is 23.8. The van der Waals surface area contributed by atoms with Gasteiger partial charge in [-0.3, -0.25) is 14.6 Å². The minimum atomic E-state index is -0.352. The number of aromatic nitrogens is 3. The lowest BCUT2D eigenvalue weighted by atomic mass is 10.0. The van der Waals surface area contributed by atoms with Gasteiger partial charge in [0.05, 0.1) is 5.56 Å². The van der Waals surface area contributed by atoms with Crippen LogP contribution < -0.4 is 4.74 Å². The summed E-state index contributed by atoms with van der Waals surface area (Å²) in [4.78, 5) is 36.9. The van der Waals surface area contributed by atoms with Gasteiger partial charge in [-0.2, -0.15) is 0 Å². The van der Waals surface area contributed by atoms with Crippen molar-refractivity contribution < 1.29 is 18.8 Å². The van der Waals surface area contributed by atoms with Crippen molar-refractivity contribution in [2.75, 3.05) is 13.6 Å². The van der Waals surface area contributed by atoms with Gasteiger partial charge in [-0.25, -0.2) is 4.98 Å². The highest BCUT2D eigenvalue weighted by Gasteiger charge is 2.36. The lowest BCUT2D eigenvalue weighted by Gasteiger charge is -2.32. The molecule has 0 radical (unpaired) electrons. The molecule has 2 amide bonds. The average Bonchev–Trinajstić information content (AvgIpc) is 3.38. The third-order valence-corrected chi connectivity index (χ3v) is 6.69. The molecule has 1 fully saturated rings. The van der Waals surface area contributed by atoms with E-state index in [2.05, 4.69) is 15.1 Å². The fourth-order valence-corrected chi connectivity index (χ4v) is 4.53. The molecule has 5 heterocycles. The van der Waals surface area contributed by atoms with Crippen LogP contribution >= 0.6 is 0 Å². The van der Waals surface area contributed by atoms with Gasteiger partial charge in [-0.05, 0) is 49.9 Å². The van der Waals surface area contributed by atoms with Crippen LogP contribution in [-0.2, 0) is 29.2 Å². The van der Waals surface area contributed by atoms with Crippen LogP contribution in [0.25, 0.3) is 11.3 Å². The second-order valence-electron chi connectivity index (χ2n) is 8.90. The second-order valence-corrected chi connectivity index (χ2v) is 8.90. The average molecular weight is 462 g/mol. The van der Waals surface area contributed by atoms with Crippen LogP contribution in [0.4, 0.5) is 0 Å². The van der Waals surface area contributed by atoms with Crippen molar-refractivity contribution in [1.82, 2.24) is 24.9 Å². The van der Waals surface area contributed by atoms with Crippen LogP contribution in [0.3, 0.4) is 0 Å². The number of pyridine rings is 2. The maximum Gasteiger partial charge on any atom is 0.245 e. The van der Waals surface area contributed by atoms with Crippen LogP contribution in [0, 0.1) is 13.8 Å². The summed E-state index contributed by atoms with van der Waals surface area (Å²) in [5.74, 6) is 1.26. The van der Waals surface area contributed by atoms with Crippen LogP contribution in [0.2, 0.25) is 0 Å². The normalized spacial score (nSPS) is 17.7. The maximum absolute atomic E-state index is 12.9. The Kier molecular flexibility index (Phi) is 5.77. The Morgan fingerprint density at radius 2 is 2.03 bits per heavy atom. The molecule has 2 aliphatic heterocycles. The van der Waals surface area contributed by atoms with E-state index < -0.39 is 0 Å². The molecule has 1 saturated heterocycles. The monoisotopic (exact) mass is 461 g/mol. The van der Waals surface area contributed by atoms with Gasteiger partial charge in [0.2, 0.25) is 17.7 Å². The number of fused-ring (bicyclic) bond motifs is 1. The Labute approximate surface area is 197 Å². The molecule has 0 aromatic carbocycles. The molecule has 34 heavy (non-hydrogen) atoms. The van der Waals surface area contributed by atoms with Crippen molar-refractivity contribution in [2.24, 2.45) is 0 Å². The number of amides is 2. The first-order valence-corrected chi connectivity index (χ1v) is 11.4. The summed E-state index contributed by atoms with van der Waals surface area (Å²) in [6, 6.07) is 5.49. The van der Waals surface area contributed by atoms with E-state index in [0.29, 0.717) is 43.3 Å². The highest BCUT2D eigenvalue weighted by molar-refractivity contribution is 5.90. The van der Waals surface area contributed by atoms with Crippen molar-refractivity contribution in [1.29, 1.82) is 0 Å². The van der Waals surface area contributed by atoms with Crippen molar-refractivity contribution in [2.45, 2.75) is 52.3 Å². The number of rotatable bonds is 5. The number of carbonyl (C=O) groups excluding carboxylic acids is 2. The van der Waals surface area contributed by atoms with E-state index in [1.54, 1.807) is 24.3 Å². The third-order valence-electron chi connectivity index (χ3n) is 6.69. The van der Waals surface area contributed by atoms with Crippen LogP contribution in [0.5, 0.6) is 5.88 Å². The molecule has 176 valence electrons. The van der Waals surface area contributed by atoms with Gasteiger partial charge in [-0.15, -0.1) is 0 Å². The van der Waals surface area contributed by atoms with Crippen LogP contribution in [0.15, 0.2) is 35.1 Å². The highest BCUT2D eigenvalue weighted by atomic mass is 16.5. The number of aryl methyl sites for hydroxylation is 2. The fourth-order valence-electron chi connectivity index (χ4n) is 4.53. The molecule has 0 aliphatic carbocycles. The lowest BCUT2D eigenvalue weighted by Crippen LogP contribution is -2.47. The van der Waals surface area contributed by atoms with Crippen molar-refractivity contribution >= 4 is 11.8 Å². The minimum Gasteiger partial charge on any atom is -0.473 e. The summed E-state index contributed by atoms with van der Waals surface area (Å²) < 4.78 is 11.4. The van der Waals surface area contributed by atoms with Gasteiger partial charge in [0.1, 0.15) is 24.1 Å². The number of nitrogens with zero attached hydrogens (tertiary/aromatic N) is 5. The van der Waals surface area contributed by atoms with E-state index in [4.69, 9.17) is 9.26 Å². The number of ether oxygens (including phenoxy) is 1. The quantitative estimate of drug-likeness (QED) is 0.576. The molecule has 9 heteroatoms. The maximum atomic E-state index is 12.9. The Balaban J connectivity index is 1.26. The Hall–Kier alpha value is -3.75. The van der Waals surface area contributed by atoms with E-state index in [0.717, 1.165) is 34.4 Å². The summed E-state index contributed by atoms with van der Waals surface area (Å²) in [6.45, 7) is 5.18. The van der Waals surface area contributed by atoms with Crippen molar-refractivity contribution in [3.05, 3.63) is 58.7 Å². The van der Waals surface area contributed by atoms with Crippen molar-refractivity contribution in [3.63, 3.8) is 0 Å². The van der Waals surface area contributed by atoms with E-state index in [1.165, 1.54) is 0 Å². The van der Waals surface area contributed by atoms with Crippen molar-refractivity contribution in [3.8, 4) is 17.1 Å². The molecular formula is C25H27N5O4. The molecule has 1 unspecified atom stereocenters. The Morgan fingerprint density at radius 1 is 1.18 bits per heavy atom. The molecule has 0 saturated carbocycles. The molecule has 3 aromatic rings. The minimum absolute atomic E-state index is 0.0142. The molecule has 0 N–H and O–H groups in total. The highest BCUT2D eigenvalue weighted by Crippen LogP contribution is 2.28. The number of carbonyl (C=O) groups is 2. The number of likely N-dealkylation sites (N-methyl/N-ethyl adjacent to an activating group) is 1. The van der Waals surface area contributed by atoms with E-state index >= 15 is 0 Å². The first kappa shape index (κ1) is 22.1. The summed E-state index contributed by atoms with van der Waals surface area (Å²) >= 11 is 0. The molecule has 5 rings (SSSR count). The lowest BCUT2D eigenvalue weighted by molar-refractivity contribution is -0.140. The predicted octanol–water partition coefficient (Wildman–Crippen LogP) is 2.83. The van der Waals surface area contributed by atoms with Gasteiger partial charge < -0.3 is 19.1 Å². The zero-order valence-electron chi connectivity index (χ0n) is 19.6. The predicted molar refractivity (Wildman–Crippen MR) is 123 cm³/mol. The number of hydrogen-bond donors (Lipinski definition) is 0. The molecule has 3 aromatic heterocycles. The molecule has 0 spiro atoms.